The lowest BCUT2D eigenvalue weighted by Crippen LogP contribution is -2.35. The second-order valence-corrected chi connectivity index (χ2v) is 6.93. The molecule has 0 saturated heterocycles. The molecule has 0 saturated carbocycles. The topological polar surface area (TPSA) is 82.1 Å². The zero-order valence-electron chi connectivity index (χ0n) is 17.3. The summed E-state index contributed by atoms with van der Waals surface area (Å²) in [6.07, 6.45) is 1.68. The molecule has 3 rings (SSSR count). The summed E-state index contributed by atoms with van der Waals surface area (Å²) in [5.41, 5.74) is 1.23. The van der Waals surface area contributed by atoms with Crippen molar-refractivity contribution >= 4 is 17.8 Å². The van der Waals surface area contributed by atoms with E-state index in [1.54, 1.807) is 42.5 Å². The van der Waals surface area contributed by atoms with Gasteiger partial charge in [-0.25, -0.2) is 0 Å². The Bertz CT molecular complexity index is 919. The standard InChI is InChI=1S/C23H25NO6/c1-4-5-12-30-20-13-15(10-11-19(20)28-2)18(14-21(25)29-3)24-22(26)16-8-6-7-9-17(16)23(24)27/h6-11,13,18H,4-5,12,14H2,1-3H3. The summed E-state index contributed by atoms with van der Waals surface area (Å²) in [4.78, 5) is 39.3. The maximum atomic E-state index is 13.0. The van der Waals surface area contributed by atoms with Crippen LogP contribution >= 0.6 is 0 Å². The number of amides is 2. The molecule has 1 aliphatic rings. The van der Waals surface area contributed by atoms with Crippen molar-refractivity contribution in [3.63, 3.8) is 0 Å². The molecule has 0 fully saturated rings. The molecule has 2 aromatic carbocycles. The van der Waals surface area contributed by atoms with Crippen LogP contribution in [0.25, 0.3) is 0 Å². The number of fused-ring (bicyclic) bond motifs is 1. The van der Waals surface area contributed by atoms with Gasteiger partial charge in [0.25, 0.3) is 11.8 Å². The van der Waals surface area contributed by atoms with Crippen molar-refractivity contribution in [1.82, 2.24) is 4.90 Å². The first-order valence-corrected chi connectivity index (χ1v) is 9.86. The normalized spacial score (nSPS) is 13.8. The Balaban J connectivity index is 2.01. The molecule has 0 spiro atoms. The summed E-state index contributed by atoms with van der Waals surface area (Å²) >= 11 is 0. The highest BCUT2D eigenvalue weighted by molar-refractivity contribution is 6.21. The van der Waals surface area contributed by atoms with Gasteiger partial charge in [0.05, 0.1) is 44.4 Å². The van der Waals surface area contributed by atoms with Crippen LogP contribution in [0.5, 0.6) is 11.5 Å². The van der Waals surface area contributed by atoms with Crippen molar-refractivity contribution in [2.75, 3.05) is 20.8 Å². The number of carbonyl (C=O) groups is 3. The first-order valence-electron chi connectivity index (χ1n) is 9.86. The SMILES string of the molecule is CCCCOc1cc(C(CC(=O)OC)N2C(=O)c3ccccc3C2=O)ccc1OC. The van der Waals surface area contributed by atoms with Gasteiger partial charge in [-0.05, 0) is 36.2 Å². The molecular formula is C23H25NO6. The minimum absolute atomic E-state index is 0.164. The highest BCUT2D eigenvalue weighted by atomic mass is 16.5. The predicted octanol–water partition coefficient (Wildman–Crippen LogP) is 3.77. The number of ether oxygens (including phenoxy) is 3. The van der Waals surface area contributed by atoms with E-state index in [4.69, 9.17) is 14.2 Å². The highest BCUT2D eigenvalue weighted by Gasteiger charge is 2.41. The van der Waals surface area contributed by atoms with Crippen LogP contribution in [-0.4, -0.2) is 43.5 Å². The molecule has 158 valence electrons. The van der Waals surface area contributed by atoms with Crippen LogP contribution in [0.1, 0.15) is 58.5 Å². The summed E-state index contributed by atoms with van der Waals surface area (Å²) in [6.45, 7) is 2.57. The Morgan fingerprint density at radius 1 is 1.00 bits per heavy atom. The fraction of sp³-hybridized carbons (Fsp3) is 0.348. The zero-order chi connectivity index (χ0) is 21.7. The van der Waals surface area contributed by atoms with E-state index in [-0.39, 0.29) is 6.42 Å². The van der Waals surface area contributed by atoms with Gasteiger partial charge in [0, 0.05) is 0 Å². The Morgan fingerprint density at radius 2 is 1.67 bits per heavy atom. The van der Waals surface area contributed by atoms with Gasteiger partial charge in [-0.3, -0.25) is 19.3 Å². The van der Waals surface area contributed by atoms with Gasteiger partial charge in [-0.2, -0.15) is 0 Å². The number of methoxy groups -OCH3 is 2. The van der Waals surface area contributed by atoms with Crippen LogP contribution in [0.4, 0.5) is 0 Å². The Labute approximate surface area is 175 Å². The van der Waals surface area contributed by atoms with Crippen LogP contribution in [0, 0.1) is 0 Å². The summed E-state index contributed by atoms with van der Waals surface area (Å²) in [7, 11) is 2.81. The number of imide groups is 1. The molecular weight excluding hydrogens is 386 g/mol. The second kappa shape index (κ2) is 9.43. The molecule has 1 heterocycles. The van der Waals surface area contributed by atoms with E-state index < -0.39 is 23.8 Å². The fourth-order valence-corrected chi connectivity index (χ4v) is 3.43. The monoisotopic (exact) mass is 411 g/mol. The largest absolute Gasteiger partial charge is 0.493 e. The van der Waals surface area contributed by atoms with E-state index in [0.29, 0.717) is 34.8 Å². The van der Waals surface area contributed by atoms with Crippen LogP contribution < -0.4 is 9.47 Å². The van der Waals surface area contributed by atoms with Crippen molar-refractivity contribution in [3.8, 4) is 11.5 Å². The van der Waals surface area contributed by atoms with Crippen LogP contribution in [0.2, 0.25) is 0 Å². The minimum atomic E-state index is -0.829. The van der Waals surface area contributed by atoms with Crippen LogP contribution in [-0.2, 0) is 9.53 Å². The fourth-order valence-electron chi connectivity index (χ4n) is 3.43. The molecule has 7 heteroatoms. The van der Waals surface area contributed by atoms with Crippen molar-refractivity contribution in [2.45, 2.75) is 32.2 Å². The van der Waals surface area contributed by atoms with Gasteiger partial charge >= 0.3 is 5.97 Å². The summed E-state index contributed by atoms with van der Waals surface area (Å²) in [5.74, 6) is -0.368. The number of carbonyl (C=O) groups excluding carboxylic acids is 3. The van der Waals surface area contributed by atoms with E-state index >= 15 is 0 Å². The molecule has 1 unspecified atom stereocenters. The number of benzene rings is 2. The van der Waals surface area contributed by atoms with Gasteiger partial charge < -0.3 is 14.2 Å². The third-order valence-electron chi connectivity index (χ3n) is 5.05. The van der Waals surface area contributed by atoms with Crippen molar-refractivity contribution in [1.29, 1.82) is 0 Å². The smallest absolute Gasteiger partial charge is 0.307 e. The summed E-state index contributed by atoms with van der Waals surface area (Å²) in [6, 6.07) is 10.9. The lowest BCUT2D eigenvalue weighted by atomic mass is 10.0. The number of nitrogens with zero attached hydrogens (tertiary/aromatic N) is 1. The van der Waals surface area contributed by atoms with Crippen molar-refractivity contribution < 1.29 is 28.6 Å². The molecule has 30 heavy (non-hydrogen) atoms. The third-order valence-corrected chi connectivity index (χ3v) is 5.05. The summed E-state index contributed by atoms with van der Waals surface area (Å²) in [5, 5.41) is 0. The molecule has 0 radical (unpaired) electrons. The molecule has 2 aromatic rings. The predicted molar refractivity (Wildman–Crippen MR) is 110 cm³/mol. The van der Waals surface area contributed by atoms with Gasteiger partial charge in [-0.15, -0.1) is 0 Å². The average Bonchev–Trinajstić information content (AvgIpc) is 3.02. The zero-order valence-corrected chi connectivity index (χ0v) is 17.3. The molecule has 1 aliphatic heterocycles. The van der Waals surface area contributed by atoms with E-state index in [1.807, 2.05) is 0 Å². The van der Waals surface area contributed by atoms with Crippen molar-refractivity contribution in [2.24, 2.45) is 0 Å². The Hall–Kier alpha value is -3.35. The van der Waals surface area contributed by atoms with E-state index in [1.165, 1.54) is 14.2 Å². The number of hydrogen-bond donors (Lipinski definition) is 0. The van der Waals surface area contributed by atoms with Crippen molar-refractivity contribution in [3.05, 3.63) is 59.2 Å². The molecule has 1 atom stereocenters. The molecule has 0 N–H and O–H groups in total. The van der Waals surface area contributed by atoms with E-state index in [9.17, 15) is 14.4 Å². The molecule has 2 amide bonds. The molecule has 0 aromatic heterocycles. The van der Waals surface area contributed by atoms with Crippen LogP contribution in [0.15, 0.2) is 42.5 Å². The highest BCUT2D eigenvalue weighted by Crippen LogP contribution is 2.37. The maximum Gasteiger partial charge on any atom is 0.307 e. The van der Waals surface area contributed by atoms with Gasteiger partial charge in [-0.1, -0.05) is 31.5 Å². The molecule has 0 bridgehead atoms. The van der Waals surface area contributed by atoms with E-state index in [0.717, 1.165) is 17.7 Å². The number of rotatable bonds is 9. The number of unbranched alkanes of at least 4 members (excludes halogenated alkanes) is 1. The van der Waals surface area contributed by atoms with E-state index in [2.05, 4.69) is 6.92 Å². The lowest BCUT2D eigenvalue weighted by Gasteiger charge is -2.26. The first kappa shape index (κ1) is 21.4. The maximum absolute atomic E-state index is 13.0. The first-order chi connectivity index (χ1) is 14.5. The quantitative estimate of drug-likeness (QED) is 0.355. The Kier molecular flexibility index (Phi) is 6.72. The molecule has 0 aliphatic carbocycles. The molecule has 7 nitrogen and oxygen atoms in total. The average molecular weight is 411 g/mol. The van der Waals surface area contributed by atoms with Gasteiger partial charge in [0.1, 0.15) is 0 Å². The third kappa shape index (κ3) is 4.15. The second-order valence-electron chi connectivity index (χ2n) is 6.93. The number of hydrogen-bond acceptors (Lipinski definition) is 6. The summed E-state index contributed by atoms with van der Waals surface area (Å²) < 4.78 is 16.0. The lowest BCUT2D eigenvalue weighted by molar-refractivity contribution is -0.141. The number of esters is 1. The Morgan fingerprint density at radius 3 is 2.23 bits per heavy atom. The van der Waals surface area contributed by atoms with Gasteiger partial charge in [0.2, 0.25) is 0 Å². The van der Waals surface area contributed by atoms with Gasteiger partial charge in [0.15, 0.2) is 11.5 Å². The minimum Gasteiger partial charge on any atom is -0.493 e. The van der Waals surface area contributed by atoms with Crippen LogP contribution in [0.3, 0.4) is 0 Å².